The fraction of sp³-hybridized carbons (Fsp3) is 0.213. The Labute approximate surface area is 408 Å². The summed E-state index contributed by atoms with van der Waals surface area (Å²) in [5, 5.41) is 5.29. The molecule has 2 nitrogen and oxygen atoms in total. The van der Waals surface area contributed by atoms with Crippen molar-refractivity contribution in [3.8, 4) is 20.9 Å². The maximum atomic E-state index is 2.69. The fourth-order valence-electron chi connectivity index (χ4n) is 10.8. The predicted molar refractivity (Wildman–Crippen MR) is 298 cm³/mol. The maximum Gasteiger partial charge on any atom is 0.254 e. The standard InChI is InChI=1S/C61H55BN2S3/c1-35(2)42-30-49-57-50(31-42)64(58-36(3)26-44(27-37(58)4)61(8,9)10)59-56(46-34-43(60(5,6)7)23-25-53(46)67-59)62(57)47-24-22-41(55-33-40-17-12-14-21-52(40)66-55)29-48(47)63(49)45-19-15-18-38(28-45)54-32-39-16-11-13-20-51(39)65-54/h11-35H,1-10H3. The van der Waals surface area contributed by atoms with Gasteiger partial charge in [0.05, 0.1) is 10.7 Å². The van der Waals surface area contributed by atoms with Gasteiger partial charge in [0.15, 0.2) is 0 Å². The molecule has 2 aliphatic heterocycles. The Hall–Kier alpha value is -5.92. The quantitative estimate of drug-likeness (QED) is 0.159. The van der Waals surface area contributed by atoms with Crippen LogP contribution in [0.1, 0.15) is 89.1 Å². The molecule has 3 aromatic heterocycles. The molecule has 0 radical (unpaired) electrons. The Morgan fingerprint density at radius 1 is 0.493 bits per heavy atom. The molecule has 0 N–H and O–H groups in total. The molecule has 330 valence electrons. The van der Waals surface area contributed by atoms with Gasteiger partial charge in [0.1, 0.15) is 0 Å². The first kappa shape index (κ1) is 42.4. The second-order valence-electron chi connectivity index (χ2n) is 21.3. The number of thiophene rings is 3. The molecule has 0 bridgehead atoms. The summed E-state index contributed by atoms with van der Waals surface area (Å²) < 4.78 is 3.97. The average molecular weight is 923 g/mol. The van der Waals surface area contributed by atoms with Crippen molar-refractivity contribution in [1.82, 2.24) is 0 Å². The van der Waals surface area contributed by atoms with Crippen molar-refractivity contribution in [2.45, 2.75) is 86.0 Å². The lowest BCUT2D eigenvalue weighted by atomic mass is 9.33. The second-order valence-corrected chi connectivity index (χ2v) is 24.5. The average Bonchev–Trinajstić information content (AvgIpc) is 4.04. The lowest BCUT2D eigenvalue weighted by molar-refractivity contribution is 0.589. The number of fused-ring (bicyclic) bond motifs is 8. The number of nitrogens with zero attached hydrogens (tertiary/aromatic N) is 2. The molecule has 0 atom stereocenters. The van der Waals surface area contributed by atoms with Crippen molar-refractivity contribution in [1.29, 1.82) is 0 Å². The molecule has 12 rings (SSSR count). The summed E-state index contributed by atoms with van der Waals surface area (Å²) in [4.78, 5) is 7.90. The van der Waals surface area contributed by atoms with Crippen molar-refractivity contribution in [2.75, 3.05) is 9.80 Å². The summed E-state index contributed by atoms with van der Waals surface area (Å²) in [5.74, 6) is 0.309. The van der Waals surface area contributed by atoms with Crippen LogP contribution in [0.2, 0.25) is 0 Å². The number of rotatable bonds is 5. The third-order valence-corrected chi connectivity index (χ3v) is 17.8. The Kier molecular flexibility index (Phi) is 9.69. The van der Waals surface area contributed by atoms with Crippen LogP contribution in [-0.2, 0) is 10.8 Å². The van der Waals surface area contributed by atoms with Gasteiger partial charge in [-0.3, -0.25) is 0 Å². The Balaban J connectivity index is 1.19. The zero-order chi connectivity index (χ0) is 46.3. The fourth-order valence-corrected chi connectivity index (χ4v) is 14.1. The van der Waals surface area contributed by atoms with E-state index in [9.17, 15) is 0 Å². The monoisotopic (exact) mass is 922 g/mol. The lowest BCUT2D eigenvalue weighted by Crippen LogP contribution is -2.61. The van der Waals surface area contributed by atoms with Crippen LogP contribution in [0.15, 0.2) is 146 Å². The third-order valence-electron chi connectivity index (χ3n) is 14.3. The van der Waals surface area contributed by atoms with Gasteiger partial charge in [0, 0.05) is 46.6 Å². The van der Waals surface area contributed by atoms with Crippen LogP contribution in [0, 0.1) is 13.8 Å². The van der Waals surface area contributed by atoms with Crippen LogP contribution in [0.4, 0.5) is 33.4 Å². The molecule has 0 amide bonds. The summed E-state index contributed by atoms with van der Waals surface area (Å²) in [6.45, 7) is 23.4. The third kappa shape index (κ3) is 6.85. The molecular weight excluding hydrogens is 868 g/mol. The Morgan fingerprint density at radius 2 is 1.10 bits per heavy atom. The highest BCUT2D eigenvalue weighted by molar-refractivity contribution is 7.26. The van der Waals surface area contributed by atoms with Crippen molar-refractivity contribution in [3.05, 3.63) is 173 Å². The van der Waals surface area contributed by atoms with E-state index in [4.69, 9.17) is 0 Å². The first-order valence-corrected chi connectivity index (χ1v) is 26.2. The van der Waals surface area contributed by atoms with Gasteiger partial charge >= 0.3 is 0 Å². The molecule has 67 heavy (non-hydrogen) atoms. The van der Waals surface area contributed by atoms with E-state index in [1.165, 1.54) is 129 Å². The van der Waals surface area contributed by atoms with Crippen LogP contribution in [0.3, 0.4) is 0 Å². The van der Waals surface area contributed by atoms with Crippen LogP contribution in [0.25, 0.3) is 51.1 Å². The van der Waals surface area contributed by atoms with E-state index in [1.807, 2.05) is 34.0 Å². The summed E-state index contributed by atoms with van der Waals surface area (Å²) >= 11 is 5.73. The normalized spacial score (nSPS) is 13.6. The molecule has 10 aromatic rings. The topological polar surface area (TPSA) is 6.48 Å². The molecule has 0 unspecified atom stereocenters. The molecule has 0 saturated carbocycles. The minimum absolute atomic E-state index is 0.00239. The van der Waals surface area contributed by atoms with Crippen LogP contribution in [-0.4, -0.2) is 6.71 Å². The molecule has 2 aliphatic rings. The molecule has 0 aliphatic carbocycles. The first-order chi connectivity index (χ1) is 32.1. The highest BCUT2D eigenvalue weighted by Crippen LogP contribution is 2.52. The minimum atomic E-state index is 0.00239. The highest BCUT2D eigenvalue weighted by atomic mass is 32.1. The van der Waals surface area contributed by atoms with Crippen molar-refractivity contribution < 1.29 is 0 Å². The molecular formula is C61H55BN2S3. The van der Waals surface area contributed by atoms with Gasteiger partial charge in [-0.05, 0) is 163 Å². The number of aryl methyl sites for hydroxylation is 2. The molecule has 0 spiro atoms. The maximum absolute atomic E-state index is 2.69. The van der Waals surface area contributed by atoms with Gasteiger partial charge in [0.2, 0.25) is 0 Å². The van der Waals surface area contributed by atoms with Gasteiger partial charge < -0.3 is 9.80 Å². The van der Waals surface area contributed by atoms with E-state index < -0.39 is 0 Å². The summed E-state index contributed by atoms with van der Waals surface area (Å²) in [6, 6.07) is 56.4. The molecule has 7 aromatic carbocycles. The van der Waals surface area contributed by atoms with Gasteiger partial charge in [-0.1, -0.05) is 140 Å². The minimum Gasteiger partial charge on any atom is -0.311 e. The summed E-state index contributed by atoms with van der Waals surface area (Å²) in [7, 11) is 0. The Morgan fingerprint density at radius 3 is 1.72 bits per heavy atom. The van der Waals surface area contributed by atoms with Crippen LogP contribution < -0.4 is 26.2 Å². The van der Waals surface area contributed by atoms with Crippen LogP contribution in [0.5, 0.6) is 0 Å². The summed E-state index contributed by atoms with van der Waals surface area (Å²) in [5.41, 5.74) is 19.7. The van der Waals surface area contributed by atoms with E-state index in [0.717, 1.165) is 0 Å². The van der Waals surface area contributed by atoms with Gasteiger partial charge in [-0.15, -0.1) is 34.0 Å². The van der Waals surface area contributed by atoms with E-state index >= 15 is 0 Å². The molecule has 5 heterocycles. The lowest BCUT2D eigenvalue weighted by Gasteiger charge is -2.44. The van der Waals surface area contributed by atoms with Gasteiger partial charge in [-0.25, -0.2) is 0 Å². The second kappa shape index (κ2) is 15.3. The molecule has 0 fully saturated rings. The largest absolute Gasteiger partial charge is 0.311 e. The zero-order valence-electron chi connectivity index (χ0n) is 40.1. The van der Waals surface area contributed by atoms with Gasteiger partial charge in [-0.2, -0.15) is 0 Å². The van der Waals surface area contributed by atoms with Crippen molar-refractivity contribution in [2.24, 2.45) is 0 Å². The zero-order valence-corrected chi connectivity index (χ0v) is 42.6. The number of benzene rings is 7. The Bertz CT molecular complexity index is 3550. The number of anilines is 6. The molecule has 0 saturated heterocycles. The van der Waals surface area contributed by atoms with Crippen molar-refractivity contribution >= 4 is 121 Å². The van der Waals surface area contributed by atoms with Gasteiger partial charge in [0.25, 0.3) is 6.71 Å². The van der Waals surface area contributed by atoms with Crippen LogP contribution >= 0.6 is 34.0 Å². The first-order valence-electron chi connectivity index (χ1n) is 23.8. The van der Waals surface area contributed by atoms with E-state index in [1.54, 1.807) is 0 Å². The van der Waals surface area contributed by atoms with E-state index in [2.05, 4.69) is 225 Å². The summed E-state index contributed by atoms with van der Waals surface area (Å²) in [6.07, 6.45) is 0. The SMILES string of the molecule is Cc1cc(C(C)(C)C)cc(C)c1N1c2cc(C(C)C)cc3c2B(c2ccc(-c4cc5ccccc5s4)cc2N3c2cccc(-c3cc4ccccc4s3)c2)c2c1sc1ccc(C(C)(C)C)cc21. The number of hydrogen-bond donors (Lipinski definition) is 0. The highest BCUT2D eigenvalue weighted by Gasteiger charge is 2.46. The smallest absolute Gasteiger partial charge is 0.254 e. The van der Waals surface area contributed by atoms with E-state index in [-0.39, 0.29) is 17.5 Å². The van der Waals surface area contributed by atoms with E-state index in [0.29, 0.717) is 5.92 Å². The molecule has 6 heteroatoms. The van der Waals surface area contributed by atoms with Crippen molar-refractivity contribution in [3.63, 3.8) is 0 Å². The predicted octanol–water partition coefficient (Wildman–Crippen LogP) is 17.1. The number of hydrogen-bond acceptors (Lipinski definition) is 5.